The Kier molecular flexibility index (Phi) is 3.31. The molecule has 1 N–H and O–H groups in total. The van der Waals surface area contributed by atoms with Crippen LogP contribution in [-0.2, 0) is 0 Å². The minimum absolute atomic E-state index is 0.181. The molecule has 0 spiro atoms. The van der Waals surface area contributed by atoms with Crippen molar-refractivity contribution < 1.29 is 9.90 Å². The van der Waals surface area contributed by atoms with E-state index in [0.717, 1.165) is 15.3 Å². The van der Waals surface area contributed by atoms with Crippen molar-refractivity contribution in [2.24, 2.45) is 0 Å². The Morgan fingerprint density at radius 1 is 1.29 bits per heavy atom. The lowest BCUT2D eigenvalue weighted by Gasteiger charge is -2.00. The minimum atomic E-state index is -0.991. The maximum Gasteiger partial charge on any atom is 0.339 e. The van der Waals surface area contributed by atoms with E-state index in [4.69, 9.17) is 0 Å². The Labute approximate surface area is 125 Å². The van der Waals surface area contributed by atoms with Crippen LogP contribution in [0, 0.1) is 13.8 Å². The summed E-state index contributed by atoms with van der Waals surface area (Å²) < 4.78 is 1.51. The molecule has 21 heavy (non-hydrogen) atoms. The van der Waals surface area contributed by atoms with Gasteiger partial charge in [0.15, 0.2) is 5.82 Å². The van der Waals surface area contributed by atoms with Crippen molar-refractivity contribution in [3.05, 3.63) is 52.7 Å². The topological polar surface area (TPSA) is 68.0 Å². The summed E-state index contributed by atoms with van der Waals surface area (Å²) in [6.45, 7) is 3.93. The molecule has 3 aromatic heterocycles. The summed E-state index contributed by atoms with van der Waals surface area (Å²) in [6.07, 6.45) is 3.19. The molecule has 0 aliphatic heterocycles. The van der Waals surface area contributed by atoms with Crippen LogP contribution in [0.1, 0.15) is 20.8 Å². The van der Waals surface area contributed by atoms with Crippen LogP contribution >= 0.6 is 11.3 Å². The van der Waals surface area contributed by atoms with Crippen molar-refractivity contribution in [3.8, 4) is 16.4 Å². The molecule has 6 heteroatoms. The molecule has 3 heterocycles. The number of hydrogen-bond donors (Lipinski definition) is 1. The first-order valence-corrected chi connectivity index (χ1v) is 7.19. The number of carbonyl (C=O) groups is 1. The summed E-state index contributed by atoms with van der Waals surface area (Å²) >= 11 is 1.52. The van der Waals surface area contributed by atoms with Crippen molar-refractivity contribution >= 4 is 17.3 Å². The standard InChI is InChI=1S/C15H13N3O2S/c1-9-5-6-16-13(7-9)18-8-11(15(19)20)14(17-18)12-4-3-10(2)21-12/h3-8H,1-2H3,(H,19,20). The molecule has 0 unspecified atom stereocenters. The van der Waals surface area contributed by atoms with Crippen molar-refractivity contribution in [3.63, 3.8) is 0 Å². The van der Waals surface area contributed by atoms with E-state index in [1.54, 1.807) is 6.20 Å². The third-order valence-corrected chi connectivity index (χ3v) is 4.06. The number of carboxylic acid groups (broad SMARTS) is 1. The van der Waals surface area contributed by atoms with E-state index in [0.29, 0.717) is 11.5 Å². The molecule has 5 nitrogen and oxygen atoms in total. The average Bonchev–Trinajstić information content (AvgIpc) is 3.04. The second-order valence-corrected chi connectivity index (χ2v) is 6.03. The predicted octanol–water partition coefficient (Wildman–Crippen LogP) is 3.31. The molecule has 0 atom stereocenters. The van der Waals surface area contributed by atoms with Crippen molar-refractivity contribution in [1.29, 1.82) is 0 Å². The molecular weight excluding hydrogens is 286 g/mol. The van der Waals surface area contributed by atoms with Crippen molar-refractivity contribution in [2.45, 2.75) is 13.8 Å². The summed E-state index contributed by atoms with van der Waals surface area (Å²) in [6, 6.07) is 7.59. The average molecular weight is 299 g/mol. The Bertz CT molecular complexity index is 820. The summed E-state index contributed by atoms with van der Waals surface area (Å²) in [5.41, 5.74) is 1.70. The quantitative estimate of drug-likeness (QED) is 0.805. The zero-order chi connectivity index (χ0) is 15.0. The lowest BCUT2D eigenvalue weighted by atomic mass is 10.2. The summed E-state index contributed by atoms with van der Waals surface area (Å²) in [5, 5.41) is 13.8. The number of carboxylic acids is 1. The van der Waals surface area contributed by atoms with E-state index in [-0.39, 0.29) is 5.56 Å². The fourth-order valence-electron chi connectivity index (χ4n) is 2.04. The normalized spacial score (nSPS) is 10.8. The summed E-state index contributed by atoms with van der Waals surface area (Å²) in [4.78, 5) is 17.6. The number of aromatic carboxylic acids is 1. The Hall–Kier alpha value is -2.47. The van der Waals surface area contributed by atoms with Gasteiger partial charge in [0.25, 0.3) is 0 Å². The van der Waals surface area contributed by atoms with Crippen LogP contribution in [0.3, 0.4) is 0 Å². The predicted molar refractivity (Wildman–Crippen MR) is 81.1 cm³/mol. The number of pyridine rings is 1. The highest BCUT2D eigenvalue weighted by atomic mass is 32.1. The van der Waals surface area contributed by atoms with E-state index >= 15 is 0 Å². The number of hydrogen-bond acceptors (Lipinski definition) is 4. The van der Waals surface area contributed by atoms with Crippen LogP contribution in [0.2, 0.25) is 0 Å². The third-order valence-electron chi connectivity index (χ3n) is 3.05. The van der Waals surface area contributed by atoms with Crippen LogP contribution in [0.4, 0.5) is 0 Å². The molecule has 0 aliphatic carbocycles. The number of aryl methyl sites for hydroxylation is 2. The first-order chi connectivity index (χ1) is 10.0. The lowest BCUT2D eigenvalue weighted by Crippen LogP contribution is -1.98. The molecule has 0 aromatic carbocycles. The fraction of sp³-hybridized carbons (Fsp3) is 0.133. The van der Waals surface area contributed by atoms with Crippen molar-refractivity contribution in [1.82, 2.24) is 14.8 Å². The first kappa shape index (κ1) is 13.5. The number of aromatic nitrogens is 3. The molecule has 0 aliphatic rings. The highest BCUT2D eigenvalue weighted by Crippen LogP contribution is 2.29. The molecular formula is C15H13N3O2S. The highest BCUT2D eigenvalue weighted by molar-refractivity contribution is 7.15. The van der Waals surface area contributed by atoms with Gasteiger partial charge in [-0.15, -0.1) is 11.3 Å². The van der Waals surface area contributed by atoms with Gasteiger partial charge in [-0.05, 0) is 43.7 Å². The molecule has 3 aromatic rings. The Morgan fingerprint density at radius 3 is 2.71 bits per heavy atom. The van der Waals surface area contributed by atoms with E-state index in [2.05, 4.69) is 10.1 Å². The zero-order valence-corrected chi connectivity index (χ0v) is 12.4. The fourth-order valence-corrected chi connectivity index (χ4v) is 2.90. The monoisotopic (exact) mass is 299 g/mol. The lowest BCUT2D eigenvalue weighted by molar-refractivity contribution is 0.0697. The summed E-state index contributed by atoms with van der Waals surface area (Å²) in [7, 11) is 0. The van der Waals surface area contributed by atoms with Gasteiger partial charge in [0, 0.05) is 17.3 Å². The van der Waals surface area contributed by atoms with Crippen LogP contribution in [0.5, 0.6) is 0 Å². The SMILES string of the molecule is Cc1ccnc(-n2cc(C(=O)O)c(-c3ccc(C)s3)n2)c1. The van der Waals surface area contributed by atoms with E-state index in [9.17, 15) is 9.90 Å². The molecule has 0 radical (unpaired) electrons. The summed E-state index contributed by atoms with van der Waals surface area (Å²) in [5.74, 6) is -0.382. The van der Waals surface area contributed by atoms with Crippen LogP contribution < -0.4 is 0 Å². The van der Waals surface area contributed by atoms with E-state index in [1.807, 2.05) is 38.1 Å². The molecule has 0 bridgehead atoms. The highest BCUT2D eigenvalue weighted by Gasteiger charge is 2.19. The smallest absolute Gasteiger partial charge is 0.339 e. The van der Waals surface area contributed by atoms with Gasteiger partial charge in [0.05, 0.1) is 4.88 Å². The van der Waals surface area contributed by atoms with Gasteiger partial charge in [-0.1, -0.05) is 0 Å². The van der Waals surface area contributed by atoms with Crippen LogP contribution in [0.15, 0.2) is 36.7 Å². The van der Waals surface area contributed by atoms with Gasteiger partial charge >= 0.3 is 5.97 Å². The van der Waals surface area contributed by atoms with Crippen LogP contribution in [-0.4, -0.2) is 25.8 Å². The Balaban J connectivity index is 2.15. The number of rotatable bonds is 3. The van der Waals surface area contributed by atoms with E-state index in [1.165, 1.54) is 22.2 Å². The zero-order valence-electron chi connectivity index (χ0n) is 11.6. The second-order valence-electron chi connectivity index (χ2n) is 4.74. The first-order valence-electron chi connectivity index (χ1n) is 6.37. The van der Waals surface area contributed by atoms with Gasteiger partial charge in [-0.2, -0.15) is 5.10 Å². The number of nitrogens with zero attached hydrogens (tertiary/aromatic N) is 3. The van der Waals surface area contributed by atoms with Gasteiger partial charge in [0.2, 0.25) is 0 Å². The largest absolute Gasteiger partial charge is 0.478 e. The van der Waals surface area contributed by atoms with Gasteiger partial charge < -0.3 is 5.11 Å². The second kappa shape index (κ2) is 5.14. The van der Waals surface area contributed by atoms with E-state index < -0.39 is 5.97 Å². The minimum Gasteiger partial charge on any atom is -0.478 e. The maximum absolute atomic E-state index is 11.4. The molecule has 106 valence electrons. The molecule has 0 fully saturated rings. The Morgan fingerprint density at radius 2 is 2.10 bits per heavy atom. The molecule has 0 saturated carbocycles. The molecule has 0 saturated heterocycles. The number of thiophene rings is 1. The van der Waals surface area contributed by atoms with Gasteiger partial charge in [0.1, 0.15) is 11.3 Å². The molecule has 0 amide bonds. The van der Waals surface area contributed by atoms with Gasteiger partial charge in [-0.3, -0.25) is 0 Å². The third kappa shape index (κ3) is 2.57. The van der Waals surface area contributed by atoms with Gasteiger partial charge in [-0.25, -0.2) is 14.5 Å². The molecule has 3 rings (SSSR count). The van der Waals surface area contributed by atoms with Crippen molar-refractivity contribution in [2.75, 3.05) is 0 Å². The van der Waals surface area contributed by atoms with Crippen LogP contribution in [0.25, 0.3) is 16.4 Å². The maximum atomic E-state index is 11.4.